The van der Waals surface area contributed by atoms with Crippen LogP contribution in [0.3, 0.4) is 0 Å². The zero-order valence-corrected chi connectivity index (χ0v) is 8.07. The summed E-state index contributed by atoms with van der Waals surface area (Å²) in [5.41, 5.74) is 0. The third kappa shape index (κ3) is 5.00. The molecule has 0 aromatic rings. The van der Waals surface area contributed by atoms with Gasteiger partial charge in [0.2, 0.25) is 0 Å². The van der Waals surface area contributed by atoms with Crippen molar-refractivity contribution in [3.05, 3.63) is 12.2 Å². The van der Waals surface area contributed by atoms with Crippen molar-refractivity contribution in [2.75, 3.05) is 14.2 Å². The van der Waals surface area contributed by atoms with Crippen LogP contribution in [-0.4, -0.2) is 26.2 Å². The molecule has 0 saturated heterocycles. The van der Waals surface area contributed by atoms with Gasteiger partial charge in [0.25, 0.3) is 0 Å². The van der Waals surface area contributed by atoms with Crippen molar-refractivity contribution in [1.82, 2.24) is 0 Å². The van der Waals surface area contributed by atoms with Gasteiger partial charge in [-0.2, -0.15) is 0 Å². The van der Waals surface area contributed by atoms with E-state index in [1.807, 2.05) is 0 Å². The van der Waals surface area contributed by atoms with Crippen molar-refractivity contribution in [2.45, 2.75) is 13.3 Å². The summed E-state index contributed by atoms with van der Waals surface area (Å²) in [6.45, 7) is 1.73. The topological polar surface area (TPSA) is 52.6 Å². The van der Waals surface area contributed by atoms with Gasteiger partial charge in [-0.05, 0) is 6.42 Å². The Bertz CT molecular complexity index is 208. The SMILES string of the molecule is COC(=O)/C=C/C[C@H](C)C(=O)OC. The van der Waals surface area contributed by atoms with Crippen LogP contribution in [0.1, 0.15) is 13.3 Å². The van der Waals surface area contributed by atoms with E-state index in [0.717, 1.165) is 0 Å². The van der Waals surface area contributed by atoms with E-state index in [2.05, 4.69) is 9.47 Å². The number of carbonyl (C=O) groups is 2. The number of ether oxygens (including phenoxy) is 2. The normalized spacial score (nSPS) is 12.5. The first-order chi connectivity index (χ1) is 6.11. The molecule has 0 spiro atoms. The molecule has 0 bridgehead atoms. The highest BCUT2D eigenvalue weighted by molar-refractivity contribution is 5.81. The second-order valence-corrected chi connectivity index (χ2v) is 2.59. The minimum absolute atomic E-state index is 0.231. The fourth-order valence-corrected chi connectivity index (χ4v) is 0.734. The minimum atomic E-state index is -0.419. The van der Waals surface area contributed by atoms with Gasteiger partial charge in [0.15, 0.2) is 0 Å². The summed E-state index contributed by atoms with van der Waals surface area (Å²) in [5, 5.41) is 0. The maximum absolute atomic E-state index is 10.9. The van der Waals surface area contributed by atoms with Gasteiger partial charge in [0.1, 0.15) is 0 Å². The quantitative estimate of drug-likeness (QED) is 0.484. The Morgan fingerprint density at radius 1 is 1.31 bits per heavy atom. The molecule has 0 heterocycles. The average molecular weight is 186 g/mol. The predicted molar refractivity (Wildman–Crippen MR) is 47.0 cm³/mol. The van der Waals surface area contributed by atoms with Crippen molar-refractivity contribution < 1.29 is 19.1 Å². The Kier molecular flexibility index (Phi) is 5.59. The average Bonchev–Trinajstić information content (AvgIpc) is 2.15. The standard InChI is InChI=1S/C9H14O4/c1-7(9(11)13-3)5-4-6-8(10)12-2/h4,6-7H,5H2,1-3H3/b6-4+/t7-/m0/s1. The Morgan fingerprint density at radius 2 is 1.92 bits per heavy atom. The van der Waals surface area contributed by atoms with E-state index < -0.39 is 5.97 Å². The third-order valence-electron chi connectivity index (χ3n) is 1.55. The molecular formula is C9H14O4. The molecule has 0 aliphatic rings. The Hall–Kier alpha value is -1.32. The van der Waals surface area contributed by atoms with Gasteiger partial charge in [-0.15, -0.1) is 0 Å². The van der Waals surface area contributed by atoms with Crippen molar-refractivity contribution in [2.24, 2.45) is 5.92 Å². The molecule has 1 atom stereocenters. The minimum Gasteiger partial charge on any atom is -0.469 e. The molecule has 0 N–H and O–H groups in total. The molecule has 0 rings (SSSR count). The second kappa shape index (κ2) is 6.22. The predicted octanol–water partition coefficient (Wildman–Crippen LogP) is 0.915. The lowest BCUT2D eigenvalue weighted by Gasteiger charge is -2.04. The van der Waals surface area contributed by atoms with Crippen LogP contribution < -0.4 is 0 Å². The van der Waals surface area contributed by atoms with E-state index in [1.54, 1.807) is 13.0 Å². The molecule has 0 aliphatic carbocycles. The van der Waals surface area contributed by atoms with Crippen LogP contribution in [0.4, 0.5) is 0 Å². The first kappa shape index (κ1) is 11.7. The van der Waals surface area contributed by atoms with Crippen molar-refractivity contribution in [1.29, 1.82) is 0 Å². The molecule has 0 amide bonds. The van der Waals surface area contributed by atoms with Gasteiger partial charge in [0, 0.05) is 6.08 Å². The van der Waals surface area contributed by atoms with Crippen LogP contribution in [0.2, 0.25) is 0 Å². The van der Waals surface area contributed by atoms with Crippen LogP contribution in [-0.2, 0) is 19.1 Å². The maximum atomic E-state index is 10.9. The molecule has 4 nitrogen and oxygen atoms in total. The highest BCUT2D eigenvalue weighted by Gasteiger charge is 2.10. The number of rotatable bonds is 4. The molecule has 74 valence electrons. The van der Waals surface area contributed by atoms with Crippen molar-refractivity contribution in [3.8, 4) is 0 Å². The van der Waals surface area contributed by atoms with Crippen LogP contribution >= 0.6 is 0 Å². The lowest BCUT2D eigenvalue weighted by atomic mass is 10.1. The molecule has 13 heavy (non-hydrogen) atoms. The fourth-order valence-electron chi connectivity index (χ4n) is 0.734. The highest BCUT2D eigenvalue weighted by atomic mass is 16.5. The monoisotopic (exact) mass is 186 g/mol. The smallest absolute Gasteiger partial charge is 0.330 e. The van der Waals surface area contributed by atoms with E-state index in [1.165, 1.54) is 20.3 Å². The summed E-state index contributed by atoms with van der Waals surface area (Å²) in [6.07, 6.45) is 3.36. The summed E-state index contributed by atoms with van der Waals surface area (Å²) in [7, 11) is 2.64. The second-order valence-electron chi connectivity index (χ2n) is 2.59. The zero-order chi connectivity index (χ0) is 10.3. The van der Waals surface area contributed by atoms with Gasteiger partial charge in [-0.3, -0.25) is 4.79 Å². The molecule has 0 fully saturated rings. The number of hydrogen-bond donors (Lipinski definition) is 0. The highest BCUT2D eigenvalue weighted by Crippen LogP contribution is 2.04. The molecule has 0 saturated carbocycles. The summed E-state index contributed by atoms with van der Waals surface area (Å²) in [6, 6.07) is 0. The summed E-state index contributed by atoms with van der Waals surface area (Å²) in [4.78, 5) is 21.5. The first-order valence-electron chi connectivity index (χ1n) is 3.94. The molecule has 4 heteroatoms. The number of methoxy groups -OCH3 is 2. The van der Waals surface area contributed by atoms with E-state index in [-0.39, 0.29) is 11.9 Å². The Morgan fingerprint density at radius 3 is 2.38 bits per heavy atom. The number of carbonyl (C=O) groups excluding carboxylic acids is 2. The molecule has 0 aliphatic heterocycles. The third-order valence-corrected chi connectivity index (χ3v) is 1.55. The van der Waals surface area contributed by atoms with Crippen LogP contribution in [0.15, 0.2) is 12.2 Å². The molecule has 0 radical (unpaired) electrons. The summed E-state index contributed by atoms with van der Waals surface area (Å²) in [5.74, 6) is -0.933. The van der Waals surface area contributed by atoms with Gasteiger partial charge >= 0.3 is 11.9 Å². The Labute approximate surface area is 77.5 Å². The van der Waals surface area contributed by atoms with Gasteiger partial charge < -0.3 is 9.47 Å². The van der Waals surface area contributed by atoms with Gasteiger partial charge in [-0.1, -0.05) is 13.0 Å². The number of allylic oxidation sites excluding steroid dienone is 1. The van der Waals surface area contributed by atoms with E-state index in [4.69, 9.17) is 0 Å². The van der Waals surface area contributed by atoms with Gasteiger partial charge in [-0.25, -0.2) is 4.79 Å². The van der Waals surface area contributed by atoms with Crippen LogP contribution in [0, 0.1) is 5.92 Å². The van der Waals surface area contributed by atoms with Crippen molar-refractivity contribution in [3.63, 3.8) is 0 Å². The molecule has 0 unspecified atom stereocenters. The van der Waals surface area contributed by atoms with Gasteiger partial charge in [0.05, 0.1) is 20.1 Å². The maximum Gasteiger partial charge on any atom is 0.330 e. The largest absolute Gasteiger partial charge is 0.469 e. The fraction of sp³-hybridized carbons (Fsp3) is 0.556. The zero-order valence-electron chi connectivity index (χ0n) is 8.07. The van der Waals surface area contributed by atoms with Crippen LogP contribution in [0.5, 0.6) is 0 Å². The lowest BCUT2D eigenvalue weighted by Crippen LogP contribution is -2.11. The van der Waals surface area contributed by atoms with E-state index in [9.17, 15) is 9.59 Å². The Balaban J connectivity index is 3.81. The molecule has 0 aromatic carbocycles. The van der Waals surface area contributed by atoms with E-state index in [0.29, 0.717) is 6.42 Å². The number of hydrogen-bond acceptors (Lipinski definition) is 4. The molecule has 0 aromatic heterocycles. The van der Waals surface area contributed by atoms with Crippen molar-refractivity contribution >= 4 is 11.9 Å². The van der Waals surface area contributed by atoms with E-state index >= 15 is 0 Å². The number of esters is 2. The van der Waals surface area contributed by atoms with Crippen LogP contribution in [0.25, 0.3) is 0 Å². The first-order valence-corrected chi connectivity index (χ1v) is 3.94. The summed E-state index contributed by atoms with van der Waals surface area (Å²) >= 11 is 0. The summed E-state index contributed by atoms with van der Waals surface area (Å²) < 4.78 is 8.88. The lowest BCUT2D eigenvalue weighted by molar-refractivity contribution is -0.144. The molecular weight excluding hydrogens is 172 g/mol.